The van der Waals surface area contributed by atoms with Gasteiger partial charge in [0.1, 0.15) is 0 Å². The van der Waals surface area contributed by atoms with Crippen LogP contribution < -0.4 is 0 Å². The van der Waals surface area contributed by atoms with Crippen molar-refractivity contribution >= 4 is 11.9 Å². The van der Waals surface area contributed by atoms with Gasteiger partial charge in [-0.1, -0.05) is 36.4 Å². The maximum Gasteiger partial charge on any atom is 0.166 e. The van der Waals surface area contributed by atoms with Crippen molar-refractivity contribution in [2.75, 3.05) is 0 Å². The van der Waals surface area contributed by atoms with E-state index in [1.54, 1.807) is 6.08 Å². The van der Waals surface area contributed by atoms with Crippen molar-refractivity contribution in [2.24, 2.45) is 0 Å². The van der Waals surface area contributed by atoms with Gasteiger partial charge in [-0.15, -0.1) is 0 Å². The molecule has 0 bridgehead atoms. The predicted octanol–water partition coefficient (Wildman–Crippen LogP) is 2.48. The summed E-state index contributed by atoms with van der Waals surface area (Å²) in [6.07, 6.45) is 8.69. The van der Waals surface area contributed by atoms with Gasteiger partial charge in [-0.05, 0) is 29.2 Å². The van der Waals surface area contributed by atoms with Crippen molar-refractivity contribution < 1.29 is 4.79 Å². The Morgan fingerprint density at radius 2 is 2.14 bits per heavy atom. The highest BCUT2D eigenvalue weighted by Gasteiger charge is 2.25. The van der Waals surface area contributed by atoms with Crippen LogP contribution in [0.4, 0.5) is 0 Å². The van der Waals surface area contributed by atoms with Crippen LogP contribution in [0.15, 0.2) is 36.4 Å². The molecule has 1 aromatic rings. The standard InChI is InChI=1S/C13H10O/c14-12-8-7-10-4-1-3-9-5-2-6-11(12)13(9)10/h1-4,6-8,11H,5H2. The molecule has 0 fully saturated rings. The summed E-state index contributed by atoms with van der Waals surface area (Å²) in [4.78, 5) is 11.6. The van der Waals surface area contributed by atoms with Crippen molar-refractivity contribution in [3.05, 3.63) is 53.1 Å². The fourth-order valence-corrected chi connectivity index (χ4v) is 2.28. The Bertz CT molecular complexity index is 466. The lowest BCUT2D eigenvalue weighted by atomic mass is 9.79. The highest BCUT2D eigenvalue weighted by atomic mass is 16.1. The second-order valence-electron chi connectivity index (χ2n) is 3.77. The second-order valence-corrected chi connectivity index (χ2v) is 3.77. The molecule has 0 aromatic heterocycles. The van der Waals surface area contributed by atoms with Gasteiger partial charge < -0.3 is 0 Å². The van der Waals surface area contributed by atoms with Gasteiger partial charge in [-0.3, -0.25) is 4.79 Å². The number of allylic oxidation sites excluding steroid dienone is 3. The summed E-state index contributed by atoms with van der Waals surface area (Å²) in [6, 6.07) is 6.25. The molecule has 1 unspecified atom stereocenters. The Morgan fingerprint density at radius 3 is 3.07 bits per heavy atom. The van der Waals surface area contributed by atoms with Crippen molar-refractivity contribution in [2.45, 2.75) is 12.3 Å². The molecule has 68 valence electrons. The summed E-state index contributed by atoms with van der Waals surface area (Å²) in [5.74, 6) is 0.195. The van der Waals surface area contributed by atoms with E-state index < -0.39 is 0 Å². The van der Waals surface area contributed by atoms with Gasteiger partial charge in [-0.2, -0.15) is 0 Å². The third kappa shape index (κ3) is 0.925. The summed E-state index contributed by atoms with van der Waals surface area (Å²) < 4.78 is 0. The van der Waals surface area contributed by atoms with E-state index in [1.165, 1.54) is 16.7 Å². The number of hydrogen-bond donors (Lipinski definition) is 0. The second kappa shape index (κ2) is 2.68. The molecule has 0 spiro atoms. The molecule has 1 aromatic carbocycles. The summed E-state index contributed by atoms with van der Waals surface area (Å²) in [5.41, 5.74) is 3.73. The van der Waals surface area contributed by atoms with Crippen LogP contribution in [-0.2, 0) is 11.2 Å². The molecule has 1 heteroatoms. The molecule has 0 N–H and O–H groups in total. The zero-order chi connectivity index (χ0) is 9.54. The van der Waals surface area contributed by atoms with E-state index in [9.17, 15) is 4.79 Å². The van der Waals surface area contributed by atoms with E-state index in [4.69, 9.17) is 0 Å². The molecule has 0 saturated heterocycles. The minimum Gasteiger partial charge on any atom is -0.294 e. The number of carbonyl (C=O) groups is 1. The average molecular weight is 182 g/mol. The summed E-state index contributed by atoms with van der Waals surface area (Å²) in [7, 11) is 0. The highest BCUT2D eigenvalue weighted by molar-refractivity contribution is 6.03. The molecule has 0 amide bonds. The maximum absolute atomic E-state index is 11.6. The number of hydrogen-bond acceptors (Lipinski definition) is 1. The summed E-state index contributed by atoms with van der Waals surface area (Å²) in [5, 5.41) is 0. The van der Waals surface area contributed by atoms with Crippen LogP contribution in [0, 0.1) is 0 Å². The molecule has 3 rings (SSSR count). The normalized spacial score (nSPS) is 22.3. The van der Waals surface area contributed by atoms with E-state index in [0.717, 1.165) is 6.42 Å². The van der Waals surface area contributed by atoms with Gasteiger partial charge in [-0.25, -0.2) is 0 Å². The Balaban J connectivity index is 2.32. The van der Waals surface area contributed by atoms with Gasteiger partial charge in [0.15, 0.2) is 5.78 Å². The molecule has 0 heterocycles. The van der Waals surface area contributed by atoms with Crippen LogP contribution in [0.3, 0.4) is 0 Å². The SMILES string of the molecule is O=C1C=Cc2cccc3c2C1C=CC3. The van der Waals surface area contributed by atoms with Gasteiger partial charge >= 0.3 is 0 Å². The van der Waals surface area contributed by atoms with Gasteiger partial charge in [0.05, 0.1) is 5.92 Å². The molecule has 1 nitrogen and oxygen atoms in total. The van der Waals surface area contributed by atoms with Crippen molar-refractivity contribution in [3.63, 3.8) is 0 Å². The summed E-state index contributed by atoms with van der Waals surface area (Å²) >= 11 is 0. The molecular weight excluding hydrogens is 172 g/mol. The minimum atomic E-state index is -0.0139. The Kier molecular flexibility index (Phi) is 1.48. The smallest absolute Gasteiger partial charge is 0.166 e. The molecule has 1 atom stereocenters. The van der Waals surface area contributed by atoms with Crippen molar-refractivity contribution in [1.82, 2.24) is 0 Å². The van der Waals surface area contributed by atoms with Gasteiger partial charge in [0.2, 0.25) is 0 Å². The van der Waals surface area contributed by atoms with Crippen LogP contribution in [0.1, 0.15) is 22.6 Å². The molecule has 2 aliphatic carbocycles. The lowest BCUT2D eigenvalue weighted by Gasteiger charge is -2.23. The zero-order valence-corrected chi connectivity index (χ0v) is 7.73. The fraction of sp³-hybridized carbons (Fsp3) is 0.154. The number of ketones is 1. The molecule has 0 radical (unpaired) electrons. The maximum atomic E-state index is 11.6. The third-order valence-corrected chi connectivity index (χ3v) is 2.94. The first-order valence-electron chi connectivity index (χ1n) is 4.86. The number of rotatable bonds is 0. The lowest BCUT2D eigenvalue weighted by molar-refractivity contribution is -0.115. The van der Waals surface area contributed by atoms with Crippen LogP contribution in [0.5, 0.6) is 0 Å². The first kappa shape index (κ1) is 7.74. The van der Waals surface area contributed by atoms with Gasteiger partial charge in [0.25, 0.3) is 0 Å². The van der Waals surface area contributed by atoms with E-state index in [2.05, 4.69) is 24.3 Å². The van der Waals surface area contributed by atoms with Crippen LogP contribution in [0.2, 0.25) is 0 Å². The molecule has 0 aliphatic heterocycles. The van der Waals surface area contributed by atoms with Crippen LogP contribution in [-0.4, -0.2) is 5.78 Å². The Morgan fingerprint density at radius 1 is 1.21 bits per heavy atom. The van der Waals surface area contributed by atoms with E-state index in [0.29, 0.717) is 0 Å². The zero-order valence-electron chi connectivity index (χ0n) is 7.73. The fourth-order valence-electron chi connectivity index (χ4n) is 2.28. The molecule has 0 saturated carbocycles. The van der Waals surface area contributed by atoms with Crippen LogP contribution in [0.25, 0.3) is 6.08 Å². The van der Waals surface area contributed by atoms with Crippen molar-refractivity contribution in [1.29, 1.82) is 0 Å². The third-order valence-electron chi connectivity index (χ3n) is 2.94. The highest BCUT2D eigenvalue weighted by Crippen LogP contribution is 2.34. The predicted molar refractivity (Wildman–Crippen MR) is 56.1 cm³/mol. The molecule has 2 aliphatic rings. The average Bonchev–Trinajstić information content (AvgIpc) is 2.24. The topological polar surface area (TPSA) is 17.1 Å². The Hall–Kier alpha value is -1.63. The van der Waals surface area contributed by atoms with Crippen molar-refractivity contribution in [3.8, 4) is 0 Å². The van der Waals surface area contributed by atoms with E-state index in [1.807, 2.05) is 12.2 Å². The van der Waals surface area contributed by atoms with E-state index >= 15 is 0 Å². The Labute approximate surface area is 82.8 Å². The number of carbonyl (C=O) groups excluding carboxylic acids is 1. The lowest BCUT2D eigenvalue weighted by Crippen LogP contribution is -2.17. The van der Waals surface area contributed by atoms with Crippen LogP contribution >= 0.6 is 0 Å². The summed E-state index contributed by atoms with van der Waals surface area (Å²) in [6.45, 7) is 0. The first-order valence-corrected chi connectivity index (χ1v) is 4.86. The largest absolute Gasteiger partial charge is 0.294 e. The van der Waals surface area contributed by atoms with E-state index in [-0.39, 0.29) is 11.7 Å². The molecule has 14 heavy (non-hydrogen) atoms. The minimum absolute atomic E-state index is 0.0139. The van der Waals surface area contributed by atoms with Gasteiger partial charge in [0, 0.05) is 0 Å². The quantitative estimate of drug-likeness (QED) is 0.563. The molecular formula is C13H10O. The first-order chi connectivity index (χ1) is 6.86. The number of benzene rings is 1. The monoisotopic (exact) mass is 182 g/mol.